The van der Waals surface area contributed by atoms with E-state index in [4.69, 9.17) is 16.3 Å². The number of hydrogen-bond donors (Lipinski definition) is 0. The molecule has 5 nitrogen and oxygen atoms in total. The Kier molecular flexibility index (Phi) is 5.61. The fourth-order valence-electron chi connectivity index (χ4n) is 2.30. The highest BCUT2D eigenvalue weighted by molar-refractivity contribution is 7.99. The van der Waals surface area contributed by atoms with Gasteiger partial charge in [0.05, 0.1) is 22.9 Å². The molecule has 0 N–H and O–H groups in total. The smallest absolute Gasteiger partial charge is 0.417 e. The molecule has 0 bridgehead atoms. The maximum absolute atomic E-state index is 13.0. The predicted octanol–water partition coefficient (Wildman–Crippen LogP) is 4.78. The van der Waals surface area contributed by atoms with Crippen LogP contribution in [0.25, 0.3) is 5.65 Å². The lowest BCUT2D eigenvalue weighted by atomic mass is 10.1. The second-order valence-corrected chi connectivity index (χ2v) is 6.77. The monoisotopic (exact) mass is 415 g/mol. The van der Waals surface area contributed by atoms with Crippen molar-refractivity contribution in [1.29, 1.82) is 0 Å². The predicted molar refractivity (Wildman–Crippen MR) is 95.7 cm³/mol. The van der Waals surface area contributed by atoms with Gasteiger partial charge in [0.25, 0.3) is 0 Å². The Balaban J connectivity index is 1.78. The number of aromatic nitrogens is 3. The van der Waals surface area contributed by atoms with E-state index in [2.05, 4.69) is 10.2 Å². The molecule has 0 unspecified atom stereocenters. The zero-order valence-corrected chi connectivity index (χ0v) is 15.5. The number of thioether (sulfide) groups is 1. The quantitative estimate of drug-likeness (QED) is 0.428. The molecular weight excluding hydrogens is 403 g/mol. The van der Waals surface area contributed by atoms with Gasteiger partial charge in [-0.2, -0.15) is 13.2 Å². The number of ether oxygens (including phenoxy) is 1. The average molecular weight is 416 g/mol. The minimum Gasteiger partial charge on any atom is -0.494 e. The molecule has 2 aromatic heterocycles. The fourth-order valence-corrected chi connectivity index (χ4v) is 3.35. The van der Waals surface area contributed by atoms with E-state index >= 15 is 0 Å². The Morgan fingerprint density at radius 3 is 2.59 bits per heavy atom. The number of nitrogens with zero attached hydrogens (tertiary/aromatic N) is 3. The standard InChI is InChI=1S/C17H13ClF3N3O2S/c1-2-26-12-5-3-10(4-6-12)14(25)9-27-16-23-22-15-13(18)7-11(8-24(15)16)17(19,20)21/h3-8H,2,9H2,1H3. The Morgan fingerprint density at radius 2 is 1.96 bits per heavy atom. The number of benzene rings is 1. The van der Waals surface area contributed by atoms with Crippen LogP contribution in [0.4, 0.5) is 13.2 Å². The van der Waals surface area contributed by atoms with Crippen LogP contribution in [0.5, 0.6) is 5.75 Å². The zero-order valence-electron chi connectivity index (χ0n) is 14.0. The van der Waals surface area contributed by atoms with Gasteiger partial charge in [0.2, 0.25) is 0 Å². The van der Waals surface area contributed by atoms with Crippen LogP contribution in [0.15, 0.2) is 41.7 Å². The highest BCUT2D eigenvalue weighted by atomic mass is 35.5. The summed E-state index contributed by atoms with van der Waals surface area (Å²) in [5.41, 5.74) is -0.353. The van der Waals surface area contributed by atoms with Crippen LogP contribution in [-0.4, -0.2) is 32.7 Å². The summed E-state index contributed by atoms with van der Waals surface area (Å²) in [7, 11) is 0. The number of ketones is 1. The highest BCUT2D eigenvalue weighted by Gasteiger charge is 2.32. The lowest BCUT2D eigenvalue weighted by molar-refractivity contribution is -0.137. The van der Waals surface area contributed by atoms with Crippen LogP contribution < -0.4 is 4.74 Å². The third-order valence-electron chi connectivity index (χ3n) is 3.58. The molecule has 0 atom stereocenters. The molecule has 0 aliphatic rings. The molecule has 1 aromatic carbocycles. The lowest BCUT2D eigenvalue weighted by Crippen LogP contribution is -2.07. The molecule has 0 amide bonds. The Labute approximate surface area is 161 Å². The zero-order chi connectivity index (χ0) is 19.6. The minimum atomic E-state index is -4.55. The molecule has 3 aromatic rings. The van der Waals surface area contributed by atoms with Crippen molar-refractivity contribution in [2.75, 3.05) is 12.4 Å². The molecule has 27 heavy (non-hydrogen) atoms. The van der Waals surface area contributed by atoms with E-state index in [9.17, 15) is 18.0 Å². The number of carbonyl (C=O) groups is 1. The summed E-state index contributed by atoms with van der Waals surface area (Å²) in [6.45, 7) is 2.38. The Morgan fingerprint density at radius 1 is 1.26 bits per heavy atom. The Hall–Kier alpha value is -2.26. The molecule has 0 aliphatic heterocycles. The van der Waals surface area contributed by atoms with Gasteiger partial charge in [0, 0.05) is 11.8 Å². The number of pyridine rings is 1. The molecule has 3 rings (SSSR count). The van der Waals surface area contributed by atoms with Gasteiger partial charge >= 0.3 is 6.18 Å². The van der Waals surface area contributed by atoms with Gasteiger partial charge in [-0.25, -0.2) is 0 Å². The summed E-state index contributed by atoms with van der Waals surface area (Å²) < 4.78 is 45.4. The van der Waals surface area contributed by atoms with Crippen molar-refractivity contribution in [2.45, 2.75) is 18.3 Å². The summed E-state index contributed by atoms with van der Waals surface area (Å²) in [5, 5.41) is 7.61. The van der Waals surface area contributed by atoms with Gasteiger partial charge < -0.3 is 4.74 Å². The first-order valence-electron chi connectivity index (χ1n) is 7.80. The van der Waals surface area contributed by atoms with Gasteiger partial charge in [-0.15, -0.1) is 10.2 Å². The first kappa shape index (κ1) is 19.5. The largest absolute Gasteiger partial charge is 0.494 e. The molecule has 0 saturated heterocycles. The average Bonchev–Trinajstić information content (AvgIpc) is 3.03. The number of alkyl halides is 3. The van der Waals surface area contributed by atoms with E-state index in [-0.39, 0.29) is 27.4 Å². The van der Waals surface area contributed by atoms with Crippen molar-refractivity contribution in [3.63, 3.8) is 0 Å². The van der Waals surface area contributed by atoms with Crippen LogP contribution in [-0.2, 0) is 6.18 Å². The van der Waals surface area contributed by atoms with E-state index < -0.39 is 11.7 Å². The second kappa shape index (κ2) is 7.77. The lowest BCUT2D eigenvalue weighted by Gasteiger charge is -2.08. The molecule has 0 radical (unpaired) electrons. The van der Waals surface area contributed by atoms with Crippen molar-refractivity contribution >= 4 is 34.8 Å². The Bertz CT molecular complexity index is 974. The molecule has 142 valence electrons. The van der Waals surface area contributed by atoms with E-state index in [1.807, 2.05) is 6.92 Å². The van der Waals surface area contributed by atoms with E-state index in [1.54, 1.807) is 24.3 Å². The summed E-state index contributed by atoms with van der Waals surface area (Å²) in [6.07, 6.45) is -3.69. The first-order chi connectivity index (χ1) is 12.8. The normalized spacial score (nSPS) is 11.7. The molecule has 0 fully saturated rings. The van der Waals surface area contributed by atoms with Crippen molar-refractivity contribution < 1.29 is 22.7 Å². The molecular formula is C17H13ClF3N3O2S. The molecule has 2 heterocycles. The number of carbonyl (C=O) groups excluding carboxylic acids is 1. The first-order valence-corrected chi connectivity index (χ1v) is 9.16. The number of hydrogen-bond acceptors (Lipinski definition) is 5. The maximum Gasteiger partial charge on any atom is 0.417 e. The molecule has 0 spiro atoms. The van der Waals surface area contributed by atoms with E-state index in [1.165, 1.54) is 0 Å². The minimum absolute atomic E-state index is 0.0113. The van der Waals surface area contributed by atoms with Crippen LogP contribution in [0.3, 0.4) is 0 Å². The summed E-state index contributed by atoms with van der Waals surface area (Å²) in [6, 6.07) is 7.43. The molecule has 0 aliphatic carbocycles. The van der Waals surface area contributed by atoms with Gasteiger partial charge in [-0.3, -0.25) is 9.20 Å². The SMILES string of the molecule is CCOc1ccc(C(=O)CSc2nnc3c(Cl)cc(C(F)(F)F)cn23)cc1. The molecule has 10 heteroatoms. The summed E-state index contributed by atoms with van der Waals surface area (Å²) in [5.74, 6) is 0.445. The second-order valence-electron chi connectivity index (χ2n) is 5.42. The number of Topliss-reactive ketones (excluding diaryl/α,β-unsaturated/α-hetero) is 1. The third kappa shape index (κ3) is 4.36. The van der Waals surface area contributed by atoms with Gasteiger partial charge in [-0.05, 0) is 37.3 Å². The number of fused-ring (bicyclic) bond motifs is 1. The highest BCUT2D eigenvalue weighted by Crippen LogP contribution is 2.33. The van der Waals surface area contributed by atoms with Crippen molar-refractivity contribution in [3.8, 4) is 5.75 Å². The van der Waals surface area contributed by atoms with Gasteiger partial charge in [0.1, 0.15) is 5.75 Å². The van der Waals surface area contributed by atoms with Crippen LogP contribution in [0.2, 0.25) is 5.02 Å². The maximum atomic E-state index is 13.0. The number of halogens is 4. The van der Waals surface area contributed by atoms with Crippen LogP contribution in [0, 0.1) is 0 Å². The van der Waals surface area contributed by atoms with Gasteiger partial charge in [0.15, 0.2) is 16.6 Å². The van der Waals surface area contributed by atoms with Crippen molar-refractivity contribution in [2.24, 2.45) is 0 Å². The number of rotatable bonds is 6. The summed E-state index contributed by atoms with van der Waals surface area (Å²) >= 11 is 6.85. The topological polar surface area (TPSA) is 56.5 Å². The third-order valence-corrected chi connectivity index (χ3v) is 4.80. The fraction of sp³-hybridized carbons (Fsp3) is 0.235. The van der Waals surface area contributed by atoms with Crippen molar-refractivity contribution in [1.82, 2.24) is 14.6 Å². The van der Waals surface area contributed by atoms with Crippen LogP contribution in [0.1, 0.15) is 22.8 Å². The summed E-state index contributed by atoms with van der Waals surface area (Å²) in [4.78, 5) is 12.3. The van der Waals surface area contributed by atoms with E-state index in [0.29, 0.717) is 17.9 Å². The van der Waals surface area contributed by atoms with Gasteiger partial charge in [-0.1, -0.05) is 23.4 Å². The van der Waals surface area contributed by atoms with E-state index in [0.717, 1.165) is 28.4 Å². The van der Waals surface area contributed by atoms with Crippen LogP contribution >= 0.6 is 23.4 Å². The van der Waals surface area contributed by atoms with Crippen molar-refractivity contribution in [3.05, 3.63) is 52.7 Å². The molecule has 0 saturated carbocycles.